The van der Waals surface area contributed by atoms with E-state index < -0.39 is 0 Å². The van der Waals surface area contributed by atoms with Gasteiger partial charge in [0.05, 0.1) is 0 Å². The molecule has 0 aliphatic carbocycles. The molecule has 0 aliphatic heterocycles. The van der Waals surface area contributed by atoms with E-state index >= 15 is 0 Å². The smallest absolute Gasteiger partial charge is 0.223 e. The van der Waals surface area contributed by atoms with Crippen LogP contribution in [0.4, 0.5) is 0 Å². The second-order valence-corrected chi connectivity index (χ2v) is 5.25. The van der Waals surface area contributed by atoms with Crippen molar-refractivity contribution in [1.82, 2.24) is 4.90 Å². The highest BCUT2D eigenvalue weighted by atomic mass is 35.5. The quantitative estimate of drug-likeness (QED) is 0.681. The van der Waals surface area contributed by atoms with Crippen molar-refractivity contribution in [1.29, 1.82) is 0 Å². The highest BCUT2D eigenvalue weighted by Crippen LogP contribution is 2.12. The van der Waals surface area contributed by atoms with E-state index in [0.717, 1.165) is 25.9 Å². The molecule has 0 radical (unpaired) electrons. The van der Waals surface area contributed by atoms with Gasteiger partial charge < -0.3 is 4.90 Å². The zero-order valence-electron chi connectivity index (χ0n) is 12.2. The number of carbonyl (C=O) groups is 2. The first-order chi connectivity index (χ1) is 9.58. The molecule has 0 spiro atoms. The number of carbonyl (C=O) groups excluding carboxylic acids is 2. The van der Waals surface area contributed by atoms with Gasteiger partial charge in [-0.25, -0.2) is 0 Å². The Bertz CT molecular complexity index is 436. The highest BCUT2D eigenvalue weighted by molar-refractivity contribution is 6.30. The third-order valence-corrected chi connectivity index (χ3v) is 3.32. The molecule has 1 aromatic rings. The number of benzene rings is 1. The third kappa shape index (κ3) is 5.33. The van der Waals surface area contributed by atoms with Crippen LogP contribution in [0, 0.1) is 0 Å². The van der Waals surface area contributed by atoms with E-state index in [2.05, 4.69) is 13.8 Å². The maximum Gasteiger partial charge on any atom is 0.223 e. The molecule has 1 aromatic carbocycles. The zero-order valence-corrected chi connectivity index (χ0v) is 12.9. The summed E-state index contributed by atoms with van der Waals surface area (Å²) in [4.78, 5) is 25.9. The number of ketones is 1. The molecule has 3 nitrogen and oxygen atoms in total. The molecule has 0 N–H and O–H groups in total. The van der Waals surface area contributed by atoms with Crippen LogP contribution in [0.15, 0.2) is 24.3 Å². The molecule has 1 rings (SSSR count). The first-order valence-corrected chi connectivity index (χ1v) is 7.52. The van der Waals surface area contributed by atoms with Crippen LogP contribution < -0.4 is 0 Å². The number of Topliss-reactive ketones (excluding diaryl/α,β-unsaturated/α-hetero) is 1. The fourth-order valence-electron chi connectivity index (χ4n) is 2.06. The van der Waals surface area contributed by atoms with E-state index in [4.69, 9.17) is 11.6 Å². The summed E-state index contributed by atoms with van der Waals surface area (Å²) in [6.45, 7) is 5.63. The lowest BCUT2D eigenvalue weighted by molar-refractivity contribution is -0.131. The van der Waals surface area contributed by atoms with Gasteiger partial charge in [-0.1, -0.05) is 25.4 Å². The van der Waals surface area contributed by atoms with Crippen molar-refractivity contribution in [2.75, 3.05) is 13.1 Å². The van der Waals surface area contributed by atoms with Gasteiger partial charge in [0, 0.05) is 36.5 Å². The molecular weight excluding hydrogens is 274 g/mol. The van der Waals surface area contributed by atoms with E-state index in [9.17, 15) is 9.59 Å². The number of amides is 1. The van der Waals surface area contributed by atoms with E-state index in [1.54, 1.807) is 24.3 Å². The van der Waals surface area contributed by atoms with Gasteiger partial charge in [-0.05, 0) is 37.1 Å². The normalized spacial score (nSPS) is 10.3. The number of rotatable bonds is 8. The molecule has 0 bridgehead atoms. The molecule has 0 saturated carbocycles. The molecule has 0 heterocycles. The second-order valence-electron chi connectivity index (χ2n) is 4.81. The minimum Gasteiger partial charge on any atom is -0.343 e. The van der Waals surface area contributed by atoms with Crippen LogP contribution in [-0.4, -0.2) is 29.7 Å². The molecule has 0 fully saturated rings. The third-order valence-electron chi connectivity index (χ3n) is 3.07. The van der Waals surface area contributed by atoms with Crippen LogP contribution in [0.2, 0.25) is 5.02 Å². The van der Waals surface area contributed by atoms with Gasteiger partial charge in [0.25, 0.3) is 0 Å². The Morgan fingerprint density at radius 1 is 1.00 bits per heavy atom. The van der Waals surface area contributed by atoms with Gasteiger partial charge in [-0.15, -0.1) is 0 Å². The van der Waals surface area contributed by atoms with Gasteiger partial charge in [0.1, 0.15) is 0 Å². The highest BCUT2D eigenvalue weighted by Gasteiger charge is 2.14. The summed E-state index contributed by atoms with van der Waals surface area (Å²) in [5.74, 6) is 0.0546. The fourth-order valence-corrected chi connectivity index (χ4v) is 2.19. The Balaban J connectivity index is 2.50. The Morgan fingerprint density at radius 2 is 1.55 bits per heavy atom. The SMILES string of the molecule is CCCN(CCC)C(=O)CCC(=O)c1ccc(Cl)cc1. The zero-order chi connectivity index (χ0) is 15.0. The molecule has 20 heavy (non-hydrogen) atoms. The Kier molecular flexibility index (Phi) is 7.31. The average molecular weight is 296 g/mol. The first kappa shape index (κ1) is 16.7. The molecular formula is C16H22ClNO2. The fraction of sp³-hybridized carbons (Fsp3) is 0.500. The van der Waals surface area contributed by atoms with Crippen LogP contribution in [0.1, 0.15) is 49.9 Å². The van der Waals surface area contributed by atoms with Crippen molar-refractivity contribution in [3.63, 3.8) is 0 Å². The van der Waals surface area contributed by atoms with Crippen molar-refractivity contribution in [3.8, 4) is 0 Å². The van der Waals surface area contributed by atoms with Crippen molar-refractivity contribution >= 4 is 23.3 Å². The molecule has 1 amide bonds. The van der Waals surface area contributed by atoms with Crippen molar-refractivity contribution in [3.05, 3.63) is 34.9 Å². The summed E-state index contributed by atoms with van der Waals surface area (Å²) in [5, 5.41) is 0.606. The predicted molar refractivity (Wildman–Crippen MR) is 82.2 cm³/mol. The molecule has 0 saturated heterocycles. The van der Waals surface area contributed by atoms with E-state index in [1.165, 1.54) is 0 Å². The molecule has 0 aromatic heterocycles. The summed E-state index contributed by atoms with van der Waals surface area (Å²) in [6, 6.07) is 6.78. The Hall–Kier alpha value is -1.35. The number of hydrogen-bond acceptors (Lipinski definition) is 2. The summed E-state index contributed by atoms with van der Waals surface area (Å²) >= 11 is 5.78. The Morgan fingerprint density at radius 3 is 2.05 bits per heavy atom. The lowest BCUT2D eigenvalue weighted by atomic mass is 10.1. The van der Waals surface area contributed by atoms with E-state index in [-0.39, 0.29) is 24.5 Å². The lowest BCUT2D eigenvalue weighted by Crippen LogP contribution is -2.32. The number of nitrogens with zero attached hydrogens (tertiary/aromatic N) is 1. The van der Waals surface area contributed by atoms with Crippen molar-refractivity contribution < 1.29 is 9.59 Å². The van der Waals surface area contributed by atoms with Crippen LogP contribution in [-0.2, 0) is 4.79 Å². The Labute approximate surface area is 125 Å². The molecule has 0 aliphatic rings. The minimum atomic E-state index is -0.0111. The van der Waals surface area contributed by atoms with Crippen LogP contribution in [0.25, 0.3) is 0 Å². The van der Waals surface area contributed by atoms with Gasteiger partial charge in [-0.3, -0.25) is 9.59 Å². The average Bonchev–Trinajstić information content (AvgIpc) is 2.45. The van der Waals surface area contributed by atoms with Gasteiger partial charge in [0.2, 0.25) is 5.91 Å². The summed E-state index contributed by atoms with van der Waals surface area (Å²) in [7, 11) is 0. The summed E-state index contributed by atoms with van der Waals surface area (Å²) < 4.78 is 0. The molecule has 110 valence electrons. The number of halogens is 1. The maximum absolute atomic E-state index is 12.1. The van der Waals surface area contributed by atoms with Gasteiger partial charge >= 0.3 is 0 Å². The van der Waals surface area contributed by atoms with Crippen molar-refractivity contribution in [2.45, 2.75) is 39.5 Å². The second kappa shape index (κ2) is 8.75. The summed E-state index contributed by atoms with van der Waals surface area (Å²) in [5.41, 5.74) is 0.611. The van der Waals surface area contributed by atoms with Gasteiger partial charge in [-0.2, -0.15) is 0 Å². The molecule has 4 heteroatoms. The maximum atomic E-state index is 12.1. The van der Waals surface area contributed by atoms with Crippen molar-refractivity contribution in [2.24, 2.45) is 0 Å². The summed E-state index contributed by atoms with van der Waals surface area (Å²) in [6.07, 6.45) is 2.42. The van der Waals surface area contributed by atoms with Gasteiger partial charge in [0.15, 0.2) is 5.78 Å². The van der Waals surface area contributed by atoms with Crippen LogP contribution >= 0.6 is 11.6 Å². The van der Waals surface area contributed by atoms with E-state index in [0.29, 0.717) is 10.6 Å². The largest absolute Gasteiger partial charge is 0.343 e. The van der Waals surface area contributed by atoms with Crippen LogP contribution in [0.5, 0.6) is 0 Å². The minimum absolute atomic E-state index is 0.0111. The lowest BCUT2D eigenvalue weighted by Gasteiger charge is -2.21. The molecule has 0 atom stereocenters. The topological polar surface area (TPSA) is 37.4 Å². The number of hydrogen-bond donors (Lipinski definition) is 0. The van der Waals surface area contributed by atoms with Crippen LogP contribution in [0.3, 0.4) is 0 Å². The monoisotopic (exact) mass is 295 g/mol. The first-order valence-electron chi connectivity index (χ1n) is 7.15. The standard InChI is InChI=1S/C16H22ClNO2/c1-3-11-18(12-4-2)16(20)10-9-15(19)13-5-7-14(17)8-6-13/h5-8H,3-4,9-12H2,1-2H3. The predicted octanol–water partition coefficient (Wildman–Crippen LogP) is 3.95. The van der Waals surface area contributed by atoms with E-state index in [1.807, 2.05) is 4.90 Å². The molecule has 0 unspecified atom stereocenters.